The number of rotatable bonds is 8. The summed E-state index contributed by atoms with van der Waals surface area (Å²) in [4.78, 5) is 34.8. The summed E-state index contributed by atoms with van der Waals surface area (Å²) >= 11 is 0. The van der Waals surface area contributed by atoms with E-state index in [2.05, 4.69) is 25.7 Å². The zero-order valence-corrected chi connectivity index (χ0v) is 19.6. The molecule has 1 aliphatic rings. The van der Waals surface area contributed by atoms with Crippen LogP contribution in [0.1, 0.15) is 30.8 Å². The summed E-state index contributed by atoms with van der Waals surface area (Å²) in [7, 11) is 0. The van der Waals surface area contributed by atoms with Crippen LogP contribution < -0.4 is 15.5 Å². The van der Waals surface area contributed by atoms with Crippen LogP contribution in [-0.4, -0.2) is 57.3 Å². The van der Waals surface area contributed by atoms with Gasteiger partial charge in [-0.1, -0.05) is 13.8 Å². The Hall–Kier alpha value is -4.04. The number of amides is 2. The predicted molar refractivity (Wildman–Crippen MR) is 121 cm³/mol. The molecule has 0 spiro atoms. The normalized spacial score (nSPS) is 15.5. The summed E-state index contributed by atoms with van der Waals surface area (Å²) < 4.78 is 69.5. The van der Waals surface area contributed by atoms with E-state index in [4.69, 9.17) is 4.42 Å². The first-order valence-electron chi connectivity index (χ1n) is 11.0. The van der Waals surface area contributed by atoms with Crippen molar-refractivity contribution >= 4 is 29.1 Å². The van der Waals surface area contributed by atoms with Crippen LogP contribution in [0.3, 0.4) is 0 Å². The molecule has 4 heterocycles. The Morgan fingerprint density at radius 1 is 1.30 bits per heavy atom. The van der Waals surface area contributed by atoms with E-state index in [9.17, 15) is 31.5 Å². The highest BCUT2D eigenvalue weighted by Gasteiger charge is 2.41. The maximum Gasteiger partial charge on any atom is 0.405 e. The van der Waals surface area contributed by atoms with Gasteiger partial charge in [0.2, 0.25) is 11.8 Å². The second-order valence-corrected chi connectivity index (χ2v) is 8.96. The van der Waals surface area contributed by atoms with E-state index >= 15 is 0 Å². The Labute approximate surface area is 206 Å². The van der Waals surface area contributed by atoms with Gasteiger partial charge in [-0.25, -0.2) is 18.7 Å². The number of nitrogens with one attached hydrogen (secondary N) is 2. The van der Waals surface area contributed by atoms with Crippen molar-refractivity contribution < 1.29 is 36.0 Å². The van der Waals surface area contributed by atoms with Gasteiger partial charge in [-0.3, -0.25) is 19.2 Å². The minimum absolute atomic E-state index is 0.0304. The third-order valence-corrected chi connectivity index (χ3v) is 5.57. The van der Waals surface area contributed by atoms with Crippen LogP contribution >= 0.6 is 0 Å². The van der Waals surface area contributed by atoms with Crippen molar-refractivity contribution in [2.45, 2.75) is 39.4 Å². The quantitative estimate of drug-likeness (QED) is 0.422. The van der Waals surface area contributed by atoms with E-state index in [1.54, 1.807) is 13.8 Å². The first-order valence-corrected chi connectivity index (χ1v) is 11.0. The molecule has 0 aromatic carbocycles. The average Bonchev–Trinajstić information content (AvgIpc) is 3.51. The van der Waals surface area contributed by atoms with Crippen molar-refractivity contribution in [3.05, 3.63) is 36.5 Å². The summed E-state index contributed by atoms with van der Waals surface area (Å²) in [6.07, 6.45) is -3.17. The molecule has 4 rings (SSSR count). The van der Waals surface area contributed by atoms with Gasteiger partial charge in [0.15, 0.2) is 11.5 Å². The summed E-state index contributed by atoms with van der Waals surface area (Å²) in [6, 6.07) is 2.70. The molecule has 3 aromatic heterocycles. The fraction of sp³-hybridized carbons (Fsp3) is 0.409. The van der Waals surface area contributed by atoms with Crippen molar-refractivity contribution in [1.29, 1.82) is 0 Å². The SMILES string of the molecule is CC1(C)CCN(c2nn(CC(F)F)cc2NC(=O)c2coc(-c3ccnc(NCC(F)(F)F)c3)n2)C1=O. The predicted octanol–water partition coefficient (Wildman–Crippen LogP) is 4.19. The highest BCUT2D eigenvalue weighted by Crippen LogP contribution is 2.36. The van der Waals surface area contributed by atoms with E-state index in [0.717, 1.165) is 10.9 Å². The molecule has 37 heavy (non-hydrogen) atoms. The minimum Gasteiger partial charge on any atom is -0.444 e. The van der Waals surface area contributed by atoms with Crippen LogP contribution in [0.25, 0.3) is 11.5 Å². The lowest BCUT2D eigenvalue weighted by Crippen LogP contribution is -2.32. The van der Waals surface area contributed by atoms with Crippen LogP contribution in [0.5, 0.6) is 0 Å². The Bertz CT molecular complexity index is 1300. The van der Waals surface area contributed by atoms with Crippen molar-refractivity contribution in [2.24, 2.45) is 5.41 Å². The topological polar surface area (TPSA) is 118 Å². The van der Waals surface area contributed by atoms with Crippen LogP contribution in [0.15, 0.2) is 35.2 Å². The van der Waals surface area contributed by atoms with E-state index in [1.165, 1.54) is 29.4 Å². The molecule has 2 amide bonds. The molecular weight excluding hydrogens is 505 g/mol. The lowest BCUT2D eigenvalue weighted by Gasteiger charge is -2.18. The summed E-state index contributed by atoms with van der Waals surface area (Å²) in [5.74, 6) is -1.14. The van der Waals surface area contributed by atoms with E-state index in [0.29, 0.717) is 13.0 Å². The zero-order chi connectivity index (χ0) is 27.0. The van der Waals surface area contributed by atoms with E-state index in [1.807, 2.05) is 0 Å². The Morgan fingerprint density at radius 3 is 2.70 bits per heavy atom. The molecular formula is C22H22F5N7O3. The van der Waals surface area contributed by atoms with Gasteiger partial charge in [-0.05, 0) is 18.6 Å². The maximum absolute atomic E-state index is 12.9. The Kier molecular flexibility index (Phi) is 6.88. The number of oxazole rings is 1. The first-order chi connectivity index (χ1) is 17.3. The minimum atomic E-state index is -4.44. The van der Waals surface area contributed by atoms with Crippen LogP contribution in [0.2, 0.25) is 0 Å². The van der Waals surface area contributed by atoms with Crippen LogP contribution in [0, 0.1) is 5.41 Å². The highest BCUT2D eigenvalue weighted by molar-refractivity contribution is 6.07. The number of hydrogen-bond acceptors (Lipinski definition) is 7. The van der Waals surface area contributed by atoms with Gasteiger partial charge in [0, 0.05) is 23.7 Å². The molecule has 0 unspecified atom stereocenters. The largest absolute Gasteiger partial charge is 0.444 e. The molecule has 0 saturated carbocycles. The number of anilines is 3. The fourth-order valence-corrected chi connectivity index (χ4v) is 3.65. The number of alkyl halides is 5. The molecule has 1 fully saturated rings. The Balaban J connectivity index is 1.54. The summed E-state index contributed by atoms with van der Waals surface area (Å²) in [5, 5.41) is 8.74. The maximum atomic E-state index is 12.9. The smallest absolute Gasteiger partial charge is 0.405 e. The molecule has 15 heteroatoms. The highest BCUT2D eigenvalue weighted by atomic mass is 19.4. The third kappa shape index (κ3) is 6.03. The zero-order valence-electron chi connectivity index (χ0n) is 19.6. The lowest BCUT2D eigenvalue weighted by molar-refractivity contribution is -0.124. The molecule has 0 atom stereocenters. The third-order valence-electron chi connectivity index (χ3n) is 5.57. The standard InChI is InChI=1S/C22H22F5N7O3/c1-21(2)4-6-34(20(21)36)17-13(8-33(32-17)9-15(23)24)30-18(35)14-10-37-19(31-14)12-3-5-28-16(7-12)29-11-22(25,26)27/h3,5,7-8,10,15H,4,6,9,11H2,1-2H3,(H,28,29)(H,30,35). The van der Waals surface area contributed by atoms with Gasteiger partial charge in [-0.2, -0.15) is 18.3 Å². The van der Waals surface area contributed by atoms with E-state index < -0.39 is 37.0 Å². The second kappa shape index (κ2) is 9.78. The van der Waals surface area contributed by atoms with Gasteiger partial charge in [0.25, 0.3) is 12.3 Å². The summed E-state index contributed by atoms with van der Waals surface area (Å²) in [5.41, 5.74) is -0.581. The van der Waals surface area contributed by atoms with Crippen molar-refractivity contribution in [3.63, 3.8) is 0 Å². The Morgan fingerprint density at radius 2 is 2.05 bits per heavy atom. The number of hydrogen-bond donors (Lipinski definition) is 2. The van der Waals surface area contributed by atoms with Crippen LogP contribution in [0.4, 0.5) is 39.3 Å². The van der Waals surface area contributed by atoms with E-state index in [-0.39, 0.29) is 40.4 Å². The number of carbonyl (C=O) groups is 2. The van der Waals surface area contributed by atoms with Gasteiger partial charge < -0.3 is 15.1 Å². The lowest BCUT2D eigenvalue weighted by atomic mass is 9.92. The number of nitrogens with zero attached hydrogens (tertiary/aromatic N) is 5. The van der Waals surface area contributed by atoms with Gasteiger partial charge in [-0.15, -0.1) is 0 Å². The molecule has 198 valence electrons. The van der Waals surface area contributed by atoms with Crippen molar-refractivity contribution in [3.8, 4) is 11.5 Å². The molecule has 0 bridgehead atoms. The number of aromatic nitrogens is 4. The monoisotopic (exact) mass is 527 g/mol. The second-order valence-electron chi connectivity index (χ2n) is 8.96. The fourth-order valence-electron chi connectivity index (χ4n) is 3.65. The molecule has 0 aliphatic carbocycles. The van der Waals surface area contributed by atoms with Gasteiger partial charge in [0.1, 0.15) is 30.9 Å². The first kappa shape index (κ1) is 26.0. The van der Waals surface area contributed by atoms with Gasteiger partial charge in [0.05, 0.1) is 6.20 Å². The number of pyridine rings is 1. The number of carbonyl (C=O) groups excluding carboxylic acids is 2. The number of halogens is 5. The molecule has 3 aromatic rings. The van der Waals surface area contributed by atoms with Crippen molar-refractivity contribution in [1.82, 2.24) is 19.7 Å². The average molecular weight is 527 g/mol. The molecule has 0 radical (unpaired) electrons. The van der Waals surface area contributed by atoms with Crippen LogP contribution in [-0.2, 0) is 11.3 Å². The van der Waals surface area contributed by atoms with Gasteiger partial charge >= 0.3 is 6.18 Å². The molecule has 1 aliphatic heterocycles. The molecule has 2 N–H and O–H groups in total. The molecule has 1 saturated heterocycles. The summed E-state index contributed by atoms with van der Waals surface area (Å²) in [6.45, 7) is 1.77. The van der Waals surface area contributed by atoms with Crippen molar-refractivity contribution in [2.75, 3.05) is 28.6 Å². The molecule has 10 nitrogen and oxygen atoms in total.